The molecular weight excluding hydrogens is 198 g/mol. The Balaban J connectivity index is -0.0000000184. The van der Waals surface area contributed by atoms with E-state index in [1.165, 1.54) is 0 Å². The van der Waals surface area contributed by atoms with Crippen molar-refractivity contribution in [2.75, 3.05) is 19.6 Å². The Labute approximate surface area is 94.1 Å². The summed E-state index contributed by atoms with van der Waals surface area (Å²) in [6.45, 7) is 8.62. The van der Waals surface area contributed by atoms with Crippen LogP contribution in [0, 0.1) is 0 Å². The molecule has 0 bridgehead atoms. The van der Waals surface area contributed by atoms with Gasteiger partial charge in [0.25, 0.3) is 0 Å². The van der Waals surface area contributed by atoms with Crippen LogP contribution in [0.2, 0.25) is 0 Å². The summed E-state index contributed by atoms with van der Waals surface area (Å²) in [4.78, 5) is 0. The molecule has 15 heavy (non-hydrogen) atoms. The fraction of sp³-hybridized carbons (Fsp3) is 1.00. The van der Waals surface area contributed by atoms with Crippen LogP contribution in [0.5, 0.6) is 0 Å². The van der Waals surface area contributed by atoms with E-state index in [9.17, 15) is 0 Å². The third kappa shape index (κ3) is 250. The number of hydrogen-bond acceptors (Lipinski definition) is 3. The van der Waals surface area contributed by atoms with Gasteiger partial charge < -0.3 is 33.6 Å². The predicted octanol–water partition coefficient (Wildman–Crippen LogP) is -1.41. The molecule has 0 saturated carbocycles. The molecule has 0 rings (SSSR count). The monoisotopic (exact) mass is 231 g/mol. The minimum atomic E-state index is 0. The van der Waals surface area contributed by atoms with E-state index in [2.05, 4.69) is 20.8 Å². The van der Waals surface area contributed by atoms with Crippen LogP contribution in [0.4, 0.5) is 0 Å². The molecule has 6 nitrogen and oxygen atoms in total. The Morgan fingerprint density at radius 1 is 0.533 bits per heavy atom. The lowest BCUT2D eigenvalue weighted by Gasteiger charge is -1.70. The lowest BCUT2D eigenvalue weighted by atomic mass is 10.5. The number of hydrogen-bond donors (Lipinski definition) is 3. The summed E-state index contributed by atoms with van der Waals surface area (Å²) in [7, 11) is 0. The Morgan fingerprint density at radius 3 is 0.600 bits per heavy atom. The van der Waals surface area contributed by atoms with E-state index in [1.807, 2.05) is 0 Å². The van der Waals surface area contributed by atoms with E-state index in [0.29, 0.717) is 0 Å². The number of nitrogens with two attached hydrogens (primary N) is 3. The van der Waals surface area contributed by atoms with Crippen LogP contribution in [-0.4, -0.2) is 36.1 Å². The van der Waals surface area contributed by atoms with Crippen LogP contribution >= 0.6 is 0 Å². The van der Waals surface area contributed by atoms with Gasteiger partial charge in [0.1, 0.15) is 0 Å². The summed E-state index contributed by atoms with van der Waals surface area (Å²) < 4.78 is 0. The summed E-state index contributed by atoms with van der Waals surface area (Å²) in [6, 6.07) is 0. The largest absolute Gasteiger partial charge is 0.412 e. The molecule has 0 radical (unpaired) electrons. The SMILES string of the molecule is CCCN.CCCN.CCCN.O.O.O. The van der Waals surface area contributed by atoms with Crippen molar-refractivity contribution in [1.29, 1.82) is 0 Å². The van der Waals surface area contributed by atoms with E-state index in [4.69, 9.17) is 17.2 Å². The van der Waals surface area contributed by atoms with Crippen molar-refractivity contribution >= 4 is 0 Å². The first kappa shape index (κ1) is 36.4. The maximum absolute atomic E-state index is 5.03. The van der Waals surface area contributed by atoms with Gasteiger partial charge in [0.05, 0.1) is 0 Å². The lowest BCUT2D eigenvalue weighted by Crippen LogP contribution is -1.93. The molecule has 0 aromatic carbocycles. The van der Waals surface area contributed by atoms with Gasteiger partial charge in [0.2, 0.25) is 0 Å². The van der Waals surface area contributed by atoms with Gasteiger partial charge in [-0.2, -0.15) is 0 Å². The summed E-state index contributed by atoms with van der Waals surface area (Å²) >= 11 is 0. The minimum Gasteiger partial charge on any atom is -0.412 e. The highest BCUT2D eigenvalue weighted by molar-refractivity contribution is 4.20. The molecule has 0 fully saturated rings. The van der Waals surface area contributed by atoms with Gasteiger partial charge in [-0.25, -0.2) is 0 Å². The fourth-order valence-electron chi connectivity index (χ4n) is 0. The molecule has 0 atom stereocenters. The fourth-order valence-corrected chi connectivity index (χ4v) is 0. The summed E-state index contributed by atoms with van der Waals surface area (Å²) in [5.74, 6) is 0. The van der Waals surface area contributed by atoms with Crippen LogP contribution in [0.1, 0.15) is 40.0 Å². The maximum atomic E-state index is 5.03. The lowest BCUT2D eigenvalue weighted by molar-refractivity contribution is 0.823. The third-order valence-electron chi connectivity index (χ3n) is 0.866. The van der Waals surface area contributed by atoms with Gasteiger partial charge in [0.15, 0.2) is 0 Å². The molecule has 0 unspecified atom stereocenters. The maximum Gasteiger partial charge on any atom is -0.00799 e. The second-order valence-electron chi connectivity index (χ2n) is 2.37. The second kappa shape index (κ2) is 67.5. The quantitative estimate of drug-likeness (QED) is 0.542. The van der Waals surface area contributed by atoms with Gasteiger partial charge in [-0.15, -0.1) is 0 Å². The van der Waals surface area contributed by atoms with E-state index in [-0.39, 0.29) is 16.4 Å². The minimum absolute atomic E-state index is 0. The van der Waals surface area contributed by atoms with Crippen LogP contribution < -0.4 is 17.2 Å². The van der Waals surface area contributed by atoms with Crippen molar-refractivity contribution in [2.24, 2.45) is 17.2 Å². The van der Waals surface area contributed by atoms with Crippen molar-refractivity contribution < 1.29 is 16.4 Å². The van der Waals surface area contributed by atoms with Crippen LogP contribution in [0.15, 0.2) is 0 Å². The molecule has 102 valence electrons. The van der Waals surface area contributed by atoms with E-state index in [1.54, 1.807) is 0 Å². The first-order valence-corrected chi connectivity index (χ1v) is 4.85. The Morgan fingerprint density at radius 2 is 0.600 bits per heavy atom. The molecule has 0 aliphatic rings. The highest BCUT2D eigenvalue weighted by Crippen LogP contribution is 1.58. The van der Waals surface area contributed by atoms with Gasteiger partial charge in [0, 0.05) is 0 Å². The molecule has 0 heterocycles. The summed E-state index contributed by atoms with van der Waals surface area (Å²) in [5.41, 5.74) is 15.1. The van der Waals surface area contributed by atoms with Crippen molar-refractivity contribution in [3.63, 3.8) is 0 Å². The molecule has 0 aromatic heterocycles. The molecule has 0 spiro atoms. The second-order valence-corrected chi connectivity index (χ2v) is 2.37. The standard InChI is InChI=1S/3C3H9N.3H2O/c3*1-2-3-4;;;/h3*2-4H2,1H3;3*1H2. The highest BCUT2D eigenvalue weighted by atomic mass is 16.0. The van der Waals surface area contributed by atoms with Gasteiger partial charge in [-0.05, 0) is 38.9 Å². The Hall–Kier alpha value is -0.240. The summed E-state index contributed by atoms with van der Waals surface area (Å²) in [6.07, 6.45) is 3.29. The Bertz CT molecular complexity index is 36.1. The highest BCUT2D eigenvalue weighted by Gasteiger charge is 1.56. The van der Waals surface area contributed by atoms with Gasteiger partial charge in [-0.3, -0.25) is 0 Å². The molecule has 0 aliphatic carbocycles. The van der Waals surface area contributed by atoms with Gasteiger partial charge >= 0.3 is 0 Å². The van der Waals surface area contributed by atoms with Crippen LogP contribution in [0.3, 0.4) is 0 Å². The average Bonchev–Trinajstić information content (AvgIpc) is 2.18. The van der Waals surface area contributed by atoms with Crippen molar-refractivity contribution in [2.45, 2.75) is 40.0 Å². The first-order valence-electron chi connectivity index (χ1n) is 4.85. The molecular formula is C9H33N3O3. The number of rotatable bonds is 3. The molecule has 0 amide bonds. The molecule has 0 aromatic rings. The first-order chi connectivity index (χ1) is 5.74. The topological polar surface area (TPSA) is 173 Å². The smallest absolute Gasteiger partial charge is 0.00799 e. The molecule has 6 heteroatoms. The molecule has 0 saturated heterocycles. The van der Waals surface area contributed by atoms with Gasteiger partial charge in [-0.1, -0.05) is 20.8 Å². The normalized spacial score (nSPS) is 6.00. The predicted molar refractivity (Wildman–Crippen MR) is 68.9 cm³/mol. The average molecular weight is 231 g/mol. The van der Waals surface area contributed by atoms with Crippen LogP contribution in [0.25, 0.3) is 0 Å². The van der Waals surface area contributed by atoms with E-state index >= 15 is 0 Å². The zero-order valence-electron chi connectivity index (χ0n) is 10.5. The van der Waals surface area contributed by atoms with Crippen LogP contribution in [-0.2, 0) is 0 Å². The zero-order chi connectivity index (χ0) is 10.2. The summed E-state index contributed by atoms with van der Waals surface area (Å²) in [5, 5.41) is 0. The van der Waals surface area contributed by atoms with Crippen molar-refractivity contribution in [3.8, 4) is 0 Å². The van der Waals surface area contributed by atoms with Crippen molar-refractivity contribution in [3.05, 3.63) is 0 Å². The zero-order valence-corrected chi connectivity index (χ0v) is 10.5. The van der Waals surface area contributed by atoms with E-state index < -0.39 is 0 Å². The third-order valence-corrected chi connectivity index (χ3v) is 0.866. The van der Waals surface area contributed by atoms with E-state index in [0.717, 1.165) is 38.9 Å². The van der Waals surface area contributed by atoms with Crippen molar-refractivity contribution in [1.82, 2.24) is 0 Å². The molecule has 12 N–H and O–H groups in total. The Kier molecular flexibility index (Phi) is 164. The molecule has 0 aliphatic heterocycles.